The van der Waals surface area contributed by atoms with Crippen molar-refractivity contribution < 1.29 is 5.11 Å². The molecular formula is C9H16N2O. The zero-order valence-corrected chi connectivity index (χ0v) is 7.91. The van der Waals surface area contributed by atoms with E-state index in [4.69, 9.17) is 0 Å². The lowest BCUT2D eigenvalue weighted by Crippen LogP contribution is -2.06. The third kappa shape index (κ3) is 1.67. The fourth-order valence-electron chi connectivity index (χ4n) is 1.45. The van der Waals surface area contributed by atoms with Crippen molar-refractivity contribution in [2.75, 3.05) is 0 Å². The van der Waals surface area contributed by atoms with E-state index in [-0.39, 0.29) is 6.10 Å². The summed E-state index contributed by atoms with van der Waals surface area (Å²) >= 11 is 0. The molecule has 1 rings (SSSR count). The third-order valence-electron chi connectivity index (χ3n) is 2.05. The monoisotopic (exact) mass is 168 g/mol. The van der Waals surface area contributed by atoms with Crippen LogP contribution in [0, 0.1) is 6.92 Å². The molecule has 3 heteroatoms. The highest BCUT2D eigenvalue weighted by atomic mass is 16.3. The van der Waals surface area contributed by atoms with Crippen molar-refractivity contribution in [2.45, 2.75) is 32.8 Å². The first-order valence-corrected chi connectivity index (χ1v) is 4.33. The van der Waals surface area contributed by atoms with Crippen molar-refractivity contribution in [1.82, 2.24) is 9.78 Å². The standard InChI is InChI=1S/C9H16N2O/c1-4-5-8(12)9-7(2)6-10-11(9)3/h6,8,12H,4-5H2,1-3H3. The lowest BCUT2D eigenvalue weighted by Gasteiger charge is -2.10. The molecule has 1 aromatic heterocycles. The molecule has 1 aromatic rings. The first-order chi connectivity index (χ1) is 5.66. The summed E-state index contributed by atoms with van der Waals surface area (Å²) in [6, 6.07) is 0. The minimum absolute atomic E-state index is 0.359. The second-order valence-electron chi connectivity index (χ2n) is 3.14. The molecule has 68 valence electrons. The highest BCUT2D eigenvalue weighted by Gasteiger charge is 2.13. The molecule has 0 radical (unpaired) electrons. The van der Waals surface area contributed by atoms with Gasteiger partial charge in [-0.05, 0) is 18.9 Å². The summed E-state index contributed by atoms with van der Waals surface area (Å²) in [5.41, 5.74) is 2.01. The average molecular weight is 168 g/mol. The van der Waals surface area contributed by atoms with Crippen LogP contribution in [0.1, 0.15) is 37.1 Å². The summed E-state index contributed by atoms with van der Waals surface area (Å²) in [5, 5.41) is 13.8. The Morgan fingerprint density at radius 2 is 2.33 bits per heavy atom. The van der Waals surface area contributed by atoms with Gasteiger partial charge in [0.2, 0.25) is 0 Å². The number of hydrogen-bond acceptors (Lipinski definition) is 2. The van der Waals surface area contributed by atoms with Gasteiger partial charge in [0.25, 0.3) is 0 Å². The fraction of sp³-hybridized carbons (Fsp3) is 0.667. The van der Waals surface area contributed by atoms with Crippen LogP contribution in [0.2, 0.25) is 0 Å². The van der Waals surface area contributed by atoms with Crippen molar-refractivity contribution in [3.8, 4) is 0 Å². The topological polar surface area (TPSA) is 38.1 Å². The van der Waals surface area contributed by atoms with Crippen LogP contribution in [-0.4, -0.2) is 14.9 Å². The van der Waals surface area contributed by atoms with Crippen molar-refractivity contribution in [3.05, 3.63) is 17.5 Å². The van der Waals surface area contributed by atoms with E-state index in [1.165, 1.54) is 0 Å². The van der Waals surface area contributed by atoms with Crippen molar-refractivity contribution >= 4 is 0 Å². The van der Waals surface area contributed by atoms with E-state index in [0.717, 1.165) is 24.1 Å². The van der Waals surface area contributed by atoms with Gasteiger partial charge >= 0.3 is 0 Å². The Hall–Kier alpha value is -0.830. The van der Waals surface area contributed by atoms with Gasteiger partial charge in [0, 0.05) is 7.05 Å². The van der Waals surface area contributed by atoms with Gasteiger partial charge < -0.3 is 5.11 Å². The normalized spacial score (nSPS) is 13.3. The Morgan fingerprint density at radius 3 is 2.75 bits per heavy atom. The lowest BCUT2D eigenvalue weighted by atomic mass is 10.1. The lowest BCUT2D eigenvalue weighted by molar-refractivity contribution is 0.156. The number of rotatable bonds is 3. The highest BCUT2D eigenvalue weighted by Crippen LogP contribution is 2.20. The Labute approximate surface area is 73.0 Å². The van der Waals surface area contributed by atoms with E-state index in [1.54, 1.807) is 10.9 Å². The van der Waals surface area contributed by atoms with Crippen LogP contribution >= 0.6 is 0 Å². The molecule has 0 aliphatic carbocycles. The zero-order valence-electron chi connectivity index (χ0n) is 7.91. The fourth-order valence-corrected chi connectivity index (χ4v) is 1.45. The van der Waals surface area contributed by atoms with Crippen LogP contribution in [0.3, 0.4) is 0 Å². The molecule has 0 spiro atoms. The summed E-state index contributed by atoms with van der Waals surface area (Å²) < 4.78 is 1.75. The predicted molar refractivity (Wildman–Crippen MR) is 47.8 cm³/mol. The Bertz CT molecular complexity index is 236. The van der Waals surface area contributed by atoms with E-state index in [0.29, 0.717) is 0 Å². The maximum Gasteiger partial charge on any atom is 0.0959 e. The Morgan fingerprint density at radius 1 is 1.67 bits per heavy atom. The molecule has 0 aromatic carbocycles. The first-order valence-electron chi connectivity index (χ1n) is 4.33. The zero-order chi connectivity index (χ0) is 9.14. The molecule has 0 fully saturated rings. The SMILES string of the molecule is CCCC(O)c1c(C)cnn1C. The molecule has 1 atom stereocenters. The minimum Gasteiger partial charge on any atom is -0.387 e. The van der Waals surface area contributed by atoms with Crippen LogP contribution in [-0.2, 0) is 7.05 Å². The van der Waals surface area contributed by atoms with Gasteiger partial charge in [0.15, 0.2) is 0 Å². The van der Waals surface area contributed by atoms with Gasteiger partial charge in [-0.25, -0.2) is 0 Å². The van der Waals surface area contributed by atoms with Gasteiger partial charge in [0.05, 0.1) is 18.0 Å². The van der Waals surface area contributed by atoms with Crippen molar-refractivity contribution in [1.29, 1.82) is 0 Å². The van der Waals surface area contributed by atoms with Crippen LogP contribution in [0.4, 0.5) is 0 Å². The number of aliphatic hydroxyl groups is 1. The number of hydrogen-bond donors (Lipinski definition) is 1. The van der Waals surface area contributed by atoms with Crippen molar-refractivity contribution in [3.63, 3.8) is 0 Å². The van der Waals surface area contributed by atoms with E-state index < -0.39 is 0 Å². The van der Waals surface area contributed by atoms with Gasteiger partial charge in [-0.3, -0.25) is 4.68 Å². The molecule has 0 saturated carbocycles. The average Bonchev–Trinajstić information content (AvgIpc) is 2.32. The summed E-state index contributed by atoms with van der Waals surface area (Å²) in [4.78, 5) is 0. The predicted octanol–water partition coefficient (Wildman–Crippen LogP) is 1.56. The minimum atomic E-state index is -0.359. The van der Waals surface area contributed by atoms with E-state index in [9.17, 15) is 5.11 Å². The van der Waals surface area contributed by atoms with E-state index in [2.05, 4.69) is 12.0 Å². The van der Waals surface area contributed by atoms with Crippen molar-refractivity contribution in [2.24, 2.45) is 7.05 Å². The highest BCUT2D eigenvalue weighted by molar-refractivity contribution is 5.17. The maximum atomic E-state index is 9.71. The molecule has 1 N–H and O–H groups in total. The molecule has 3 nitrogen and oxygen atoms in total. The Balaban J connectivity index is 2.85. The smallest absolute Gasteiger partial charge is 0.0959 e. The molecule has 0 bridgehead atoms. The molecule has 1 heterocycles. The molecular weight excluding hydrogens is 152 g/mol. The molecule has 0 amide bonds. The largest absolute Gasteiger partial charge is 0.387 e. The Kier molecular flexibility index (Phi) is 2.87. The van der Waals surface area contributed by atoms with Crippen LogP contribution in [0.25, 0.3) is 0 Å². The van der Waals surface area contributed by atoms with Crippen LogP contribution < -0.4 is 0 Å². The maximum absolute atomic E-state index is 9.71. The number of aromatic nitrogens is 2. The number of aliphatic hydroxyl groups excluding tert-OH is 1. The van der Waals surface area contributed by atoms with Crippen LogP contribution in [0.15, 0.2) is 6.20 Å². The first kappa shape index (κ1) is 9.26. The molecule has 1 unspecified atom stereocenters. The molecule has 0 aliphatic heterocycles. The summed E-state index contributed by atoms with van der Waals surface area (Å²) in [6.45, 7) is 4.04. The summed E-state index contributed by atoms with van der Waals surface area (Å²) in [6.07, 6.45) is 3.22. The number of nitrogens with zero attached hydrogens (tertiary/aromatic N) is 2. The summed E-state index contributed by atoms with van der Waals surface area (Å²) in [5.74, 6) is 0. The molecule has 0 saturated heterocycles. The van der Waals surface area contributed by atoms with Crippen LogP contribution in [0.5, 0.6) is 0 Å². The molecule has 0 aliphatic rings. The van der Waals surface area contributed by atoms with Gasteiger partial charge in [-0.2, -0.15) is 5.10 Å². The third-order valence-corrected chi connectivity index (χ3v) is 2.05. The van der Waals surface area contributed by atoms with Gasteiger partial charge in [-0.15, -0.1) is 0 Å². The quantitative estimate of drug-likeness (QED) is 0.743. The second kappa shape index (κ2) is 3.72. The molecule has 12 heavy (non-hydrogen) atoms. The van der Waals surface area contributed by atoms with Gasteiger partial charge in [-0.1, -0.05) is 13.3 Å². The van der Waals surface area contributed by atoms with E-state index >= 15 is 0 Å². The van der Waals surface area contributed by atoms with Gasteiger partial charge in [0.1, 0.15) is 0 Å². The summed E-state index contributed by atoms with van der Waals surface area (Å²) in [7, 11) is 1.86. The van der Waals surface area contributed by atoms with E-state index in [1.807, 2.05) is 14.0 Å². The second-order valence-corrected chi connectivity index (χ2v) is 3.14. The number of aryl methyl sites for hydroxylation is 2.